The van der Waals surface area contributed by atoms with Crippen molar-refractivity contribution in [2.45, 2.75) is 18.9 Å². The van der Waals surface area contributed by atoms with E-state index in [1.54, 1.807) is 31.0 Å². The lowest BCUT2D eigenvalue weighted by Crippen LogP contribution is -2.42. The van der Waals surface area contributed by atoms with Crippen molar-refractivity contribution in [2.24, 2.45) is 0 Å². The van der Waals surface area contributed by atoms with Crippen LogP contribution in [-0.2, 0) is 20.7 Å². The molecule has 0 saturated carbocycles. The van der Waals surface area contributed by atoms with Crippen molar-refractivity contribution in [2.75, 3.05) is 26.2 Å². The van der Waals surface area contributed by atoms with E-state index in [1.807, 2.05) is 18.4 Å². The first-order chi connectivity index (χ1) is 10.1. The summed E-state index contributed by atoms with van der Waals surface area (Å²) in [5, 5.41) is 2.72. The van der Waals surface area contributed by atoms with Crippen LogP contribution in [0.15, 0.2) is 24.3 Å². The number of hydrogen-bond acceptors (Lipinski definition) is 5. The number of carbonyl (C=O) groups is 2. The summed E-state index contributed by atoms with van der Waals surface area (Å²) in [6.45, 7) is 0. The van der Waals surface area contributed by atoms with Crippen LogP contribution in [0.25, 0.3) is 0 Å². The summed E-state index contributed by atoms with van der Waals surface area (Å²) >= 11 is 1.62. The minimum Gasteiger partial charge on any atom is -0.497 e. The molecule has 116 valence electrons. The molecule has 0 fully saturated rings. The van der Waals surface area contributed by atoms with E-state index in [0.717, 1.165) is 17.1 Å². The summed E-state index contributed by atoms with van der Waals surface area (Å²) in [6, 6.07) is 6.66. The lowest BCUT2D eigenvalue weighted by atomic mass is 10.1. The molecule has 0 unspecified atom stereocenters. The summed E-state index contributed by atoms with van der Waals surface area (Å²) in [5.74, 6) is 0.915. The second kappa shape index (κ2) is 9.28. The van der Waals surface area contributed by atoms with E-state index in [4.69, 9.17) is 9.47 Å². The average Bonchev–Trinajstić information content (AvgIpc) is 2.51. The van der Waals surface area contributed by atoms with Crippen LogP contribution in [-0.4, -0.2) is 44.1 Å². The largest absolute Gasteiger partial charge is 0.497 e. The Labute approximate surface area is 129 Å². The van der Waals surface area contributed by atoms with Crippen molar-refractivity contribution in [1.29, 1.82) is 0 Å². The van der Waals surface area contributed by atoms with Crippen molar-refractivity contribution < 1.29 is 19.1 Å². The first kappa shape index (κ1) is 17.4. The number of amides is 1. The SMILES string of the molecule is COC(=O)[C@H](CCSC)NC(=O)Cc1ccc(OC)cc1. The molecule has 0 radical (unpaired) electrons. The fraction of sp³-hybridized carbons (Fsp3) is 0.467. The number of thioether (sulfide) groups is 1. The molecule has 1 amide bonds. The van der Waals surface area contributed by atoms with Gasteiger partial charge in [0.05, 0.1) is 20.6 Å². The Balaban J connectivity index is 2.57. The van der Waals surface area contributed by atoms with Crippen LogP contribution in [0.3, 0.4) is 0 Å². The molecule has 1 aromatic carbocycles. The lowest BCUT2D eigenvalue weighted by Gasteiger charge is -2.16. The third-order valence-corrected chi connectivity index (χ3v) is 3.60. The highest BCUT2D eigenvalue weighted by Crippen LogP contribution is 2.12. The van der Waals surface area contributed by atoms with Gasteiger partial charge in [-0.1, -0.05) is 12.1 Å². The molecule has 1 aromatic rings. The molecule has 0 aliphatic rings. The predicted octanol–water partition coefficient (Wildman–Crippen LogP) is 1.65. The van der Waals surface area contributed by atoms with Crippen LogP contribution in [0.2, 0.25) is 0 Å². The van der Waals surface area contributed by atoms with Gasteiger partial charge in [-0.05, 0) is 36.1 Å². The third kappa shape index (κ3) is 6.08. The third-order valence-electron chi connectivity index (χ3n) is 2.96. The van der Waals surface area contributed by atoms with Crippen LogP contribution < -0.4 is 10.1 Å². The van der Waals surface area contributed by atoms with Crippen molar-refractivity contribution in [3.8, 4) is 5.75 Å². The maximum atomic E-state index is 12.0. The van der Waals surface area contributed by atoms with Gasteiger partial charge in [-0.3, -0.25) is 4.79 Å². The maximum Gasteiger partial charge on any atom is 0.328 e. The van der Waals surface area contributed by atoms with E-state index in [0.29, 0.717) is 6.42 Å². The number of rotatable bonds is 8. The van der Waals surface area contributed by atoms with E-state index in [2.05, 4.69) is 5.32 Å². The number of ether oxygens (including phenoxy) is 2. The topological polar surface area (TPSA) is 64.6 Å². The van der Waals surface area contributed by atoms with Gasteiger partial charge in [-0.25, -0.2) is 4.79 Å². The van der Waals surface area contributed by atoms with Crippen molar-refractivity contribution in [1.82, 2.24) is 5.32 Å². The average molecular weight is 311 g/mol. The fourth-order valence-electron chi connectivity index (χ4n) is 1.80. The second-order valence-corrected chi connectivity index (χ2v) is 5.44. The zero-order chi connectivity index (χ0) is 15.7. The Morgan fingerprint density at radius 1 is 1.24 bits per heavy atom. The van der Waals surface area contributed by atoms with E-state index in [1.165, 1.54) is 7.11 Å². The molecule has 1 rings (SSSR count). The van der Waals surface area contributed by atoms with Crippen LogP contribution in [0.1, 0.15) is 12.0 Å². The smallest absolute Gasteiger partial charge is 0.328 e. The number of methoxy groups -OCH3 is 2. The second-order valence-electron chi connectivity index (χ2n) is 4.45. The van der Waals surface area contributed by atoms with Gasteiger partial charge < -0.3 is 14.8 Å². The number of hydrogen-bond donors (Lipinski definition) is 1. The zero-order valence-electron chi connectivity index (χ0n) is 12.5. The highest BCUT2D eigenvalue weighted by atomic mass is 32.2. The first-order valence-electron chi connectivity index (χ1n) is 6.59. The molecule has 0 saturated heterocycles. The molecule has 0 bridgehead atoms. The van der Waals surface area contributed by atoms with E-state index < -0.39 is 12.0 Å². The molecule has 0 aliphatic heterocycles. The fourth-order valence-corrected chi connectivity index (χ4v) is 2.27. The molecular formula is C15H21NO4S. The van der Waals surface area contributed by atoms with Crippen LogP contribution >= 0.6 is 11.8 Å². The summed E-state index contributed by atoms with van der Waals surface area (Å²) in [7, 11) is 2.92. The Hall–Kier alpha value is -1.69. The summed E-state index contributed by atoms with van der Waals surface area (Å²) in [4.78, 5) is 23.6. The number of benzene rings is 1. The van der Waals surface area contributed by atoms with Gasteiger partial charge in [0.15, 0.2) is 0 Å². The molecule has 0 aromatic heterocycles. The molecule has 6 heteroatoms. The molecule has 0 heterocycles. The van der Waals surface area contributed by atoms with Crippen LogP contribution in [0, 0.1) is 0 Å². The van der Waals surface area contributed by atoms with Crippen molar-refractivity contribution >= 4 is 23.6 Å². The summed E-state index contributed by atoms with van der Waals surface area (Å²) in [6.07, 6.45) is 2.73. The molecule has 1 N–H and O–H groups in total. The monoisotopic (exact) mass is 311 g/mol. The standard InChI is InChI=1S/C15H21NO4S/c1-19-12-6-4-11(5-7-12)10-14(17)16-13(8-9-21-3)15(18)20-2/h4-7,13H,8-10H2,1-3H3,(H,16,17)/t13-/m0/s1. The molecular weight excluding hydrogens is 290 g/mol. The van der Waals surface area contributed by atoms with E-state index in [9.17, 15) is 9.59 Å². The number of esters is 1. The van der Waals surface area contributed by atoms with Crippen LogP contribution in [0.4, 0.5) is 0 Å². The molecule has 5 nitrogen and oxygen atoms in total. The minimum atomic E-state index is -0.590. The van der Waals surface area contributed by atoms with Gasteiger partial charge in [0.25, 0.3) is 0 Å². The molecule has 0 spiro atoms. The van der Waals surface area contributed by atoms with Crippen molar-refractivity contribution in [3.63, 3.8) is 0 Å². The molecule has 21 heavy (non-hydrogen) atoms. The minimum absolute atomic E-state index is 0.198. The Morgan fingerprint density at radius 2 is 1.90 bits per heavy atom. The first-order valence-corrected chi connectivity index (χ1v) is 7.99. The van der Waals surface area contributed by atoms with Crippen LogP contribution in [0.5, 0.6) is 5.75 Å². The Bertz CT molecular complexity index is 461. The predicted molar refractivity (Wildman–Crippen MR) is 83.6 cm³/mol. The Kier molecular flexibility index (Phi) is 7.68. The maximum absolute atomic E-state index is 12.0. The summed E-state index contributed by atoms with van der Waals surface area (Å²) < 4.78 is 9.78. The molecule has 0 aliphatic carbocycles. The normalized spacial score (nSPS) is 11.6. The number of nitrogens with one attached hydrogen (secondary N) is 1. The highest BCUT2D eigenvalue weighted by molar-refractivity contribution is 7.98. The lowest BCUT2D eigenvalue weighted by molar-refractivity contribution is -0.145. The van der Waals surface area contributed by atoms with Gasteiger partial charge in [-0.15, -0.1) is 0 Å². The molecule has 1 atom stereocenters. The zero-order valence-corrected chi connectivity index (χ0v) is 13.4. The van der Waals surface area contributed by atoms with Gasteiger partial charge in [0.2, 0.25) is 5.91 Å². The highest BCUT2D eigenvalue weighted by Gasteiger charge is 2.20. The summed E-state index contributed by atoms with van der Waals surface area (Å²) in [5.41, 5.74) is 0.863. The number of carbonyl (C=O) groups excluding carboxylic acids is 2. The Morgan fingerprint density at radius 3 is 2.43 bits per heavy atom. The van der Waals surface area contributed by atoms with Gasteiger partial charge in [-0.2, -0.15) is 11.8 Å². The van der Waals surface area contributed by atoms with Gasteiger partial charge >= 0.3 is 5.97 Å². The van der Waals surface area contributed by atoms with Gasteiger partial charge in [0, 0.05) is 0 Å². The quantitative estimate of drug-likeness (QED) is 0.740. The van der Waals surface area contributed by atoms with Crippen molar-refractivity contribution in [3.05, 3.63) is 29.8 Å². The van der Waals surface area contributed by atoms with E-state index >= 15 is 0 Å². The van der Waals surface area contributed by atoms with Gasteiger partial charge in [0.1, 0.15) is 11.8 Å². The van der Waals surface area contributed by atoms with E-state index in [-0.39, 0.29) is 12.3 Å².